The standard InChI is InChI=1S/C26H31F4N3O/c1-17-8-9-19(34-13-12-31-11-5-10-27)15-21(17)25-24-22(20-6-3-4-7-23(20)32-24)14-18(2)33(25)16-26(28,29)30/h3-4,6-9,15,18,25,31-32H,5,10-14,16H2,1-2H3/t18-,25?/m1/s1. The van der Waals surface area contributed by atoms with Gasteiger partial charge < -0.3 is 15.0 Å². The van der Waals surface area contributed by atoms with Crippen LogP contribution in [0, 0.1) is 6.92 Å². The molecule has 4 nitrogen and oxygen atoms in total. The summed E-state index contributed by atoms with van der Waals surface area (Å²) in [5, 5.41) is 4.17. The molecule has 0 radical (unpaired) electrons. The van der Waals surface area contributed by atoms with Gasteiger partial charge in [-0.1, -0.05) is 24.3 Å². The van der Waals surface area contributed by atoms with Crippen molar-refractivity contribution in [1.82, 2.24) is 15.2 Å². The van der Waals surface area contributed by atoms with Gasteiger partial charge in [0.05, 0.1) is 19.3 Å². The number of alkyl halides is 4. The molecular weight excluding hydrogens is 446 g/mol. The number of halogens is 4. The van der Waals surface area contributed by atoms with Crippen molar-refractivity contribution in [3.05, 3.63) is 64.8 Å². The Bertz CT molecular complexity index is 1110. The topological polar surface area (TPSA) is 40.3 Å². The van der Waals surface area contributed by atoms with Crippen molar-refractivity contribution >= 4 is 10.9 Å². The van der Waals surface area contributed by atoms with Crippen LogP contribution in [0.25, 0.3) is 10.9 Å². The Hall–Kier alpha value is -2.58. The third kappa shape index (κ3) is 5.39. The van der Waals surface area contributed by atoms with Gasteiger partial charge in [0.25, 0.3) is 0 Å². The van der Waals surface area contributed by atoms with Crippen LogP contribution in [-0.2, 0) is 6.42 Å². The molecule has 34 heavy (non-hydrogen) atoms. The second kappa shape index (κ2) is 10.4. The quantitative estimate of drug-likeness (QED) is 0.307. The van der Waals surface area contributed by atoms with E-state index in [-0.39, 0.29) is 12.7 Å². The number of aromatic nitrogens is 1. The summed E-state index contributed by atoms with van der Waals surface area (Å²) in [4.78, 5) is 4.97. The fourth-order valence-electron chi connectivity index (χ4n) is 4.86. The Morgan fingerprint density at radius 3 is 2.71 bits per heavy atom. The van der Waals surface area contributed by atoms with E-state index in [4.69, 9.17) is 4.74 Å². The van der Waals surface area contributed by atoms with Gasteiger partial charge in [-0.25, -0.2) is 0 Å². The van der Waals surface area contributed by atoms with E-state index in [0.29, 0.717) is 38.3 Å². The molecule has 1 aliphatic rings. The van der Waals surface area contributed by atoms with Crippen LogP contribution in [0.15, 0.2) is 42.5 Å². The van der Waals surface area contributed by atoms with E-state index >= 15 is 0 Å². The lowest BCUT2D eigenvalue weighted by atomic mass is 9.87. The Morgan fingerprint density at radius 2 is 1.94 bits per heavy atom. The number of ether oxygens (including phenoxy) is 1. The number of nitrogens with zero attached hydrogens (tertiary/aromatic N) is 1. The zero-order valence-electron chi connectivity index (χ0n) is 19.5. The molecule has 2 N–H and O–H groups in total. The van der Waals surface area contributed by atoms with Gasteiger partial charge in [-0.15, -0.1) is 0 Å². The van der Waals surface area contributed by atoms with Crippen molar-refractivity contribution in [1.29, 1.82) is 0 Å². The van der Waals surface area contributed by atoms with Gasteiger partial charge in [-0.05, 0) is 68.1 Å². The first-order chi connectivity index (χ1) is 16.3. The van der Waals surface area contributed by atoms with E-state index in [2.05, 4.69) is 10.3 Å². The molecule has 2 heterocycles. The number of para-hydroxylation sites is 1. The Balaban J connectivity index is 1.69. The molecule has 1 aromatic heterocycles. The van der Waals surface area contributed by atoms with E-state index in [9.17, 15) is 17.6 Å². The van der Waals surface area contributed by atoms with E-state index in [1.807, 2.05) is 56.3 Å². The Kier molecular flexibility index (Phi) is 7.48. The molecule has 2 aromatic carbocycles. The molecule has 0 bridgehead atoms. The van der Waals surface area contributed by atoms with Crippen LogP contribution in [0.3, 0.4) is 0 Å². The van der Waals surface area contributed by atoms with Gasteiger partial charge in [-0.3, -0.25) is 9.29 Å². The lowest BCUT2D eigenvalue weighted by molar-refractivity contribution is -0.155. The lowest BCUT2D eigenvalue weighted by Crippen LogP contribution is -2.47. The number of nitrogens with one attached hydrogen (secondary N) is 2. The minimum Gasteiger partial charge on any atom is -0.492 e. The minimum atomic E-state index is -4.32. The highest BCUT2D eigenvalue weighted by Crippen LogP contribution is 2.43. The first-order valence-corrected chi connectivity index (χ1v) is 11.7. The fourth-order valence-corrected chi connectivity index (χ4v) is 4.86. The Morgan fingerprint density at radius 1 is 1.15 bits per heavy atom. The zero-order valence-corrected chi connectivity index (χ0v) is 19.5. The van der Waals surface area contributed by atoms with Gasteiger partial charge in [-0.2, -0.15) is 13.2 Å². The normalized spacial score (nSPS) is 18.9. The van der Waals surface area contributed by atoms with E-state index in [1.54, 1.807) is 4.90 Å². The highest BCUT2D eigenvalue weighted by molar-refractivity contribution is 5.85. The van der Waals surface area contributed by atoms with Gasteiger partial charge in [0, 0.05) is 29.2 Å². The van der Waals surface area contributed by atoms with Crippen LogP contribution in [0.2, 0.25) is 0 Å². The lowest BCUT2D eigenvalue weighted by Gasteiger charge is -2.41. The summed E-state index contributed by atoms with van der Waals surface area (Å²) in [5.41, 5.74) is 4.53. The molecule has 0 saturated carbocycles. The smallest absolute Gasteiger partial charge is 0.401 e. The first-order valence-electron chi connectivity index (χ1n) is 11.7. The van der Waals surface area contributed by atoms with Crippen molar-refractivity contribution in [3.63, 3.8) is 0 Å². The predicted molar refractivity (Wildman–Crippen MR) is 126 cm³/mol. The molecule has 0 aliphatic carbocycles. The summed E-state index contributed by atoms with van der Waals surface area (Å²) in [7, 11) is 0. The SMILES string of the molecule is Cc1ccc(OCCNCCCF)cc1C1c2[nH]c3ccccc3c2C[C@@H](C)N1CC(F)(F)F. The van der Waals surface area contributed by atoms with Crippen LogP contribution in [-0.4, -0.2) is 55.0 Å². The average molecular weight is 478 g/mol. The molecular formula is C26H31F4N3O. The van der Waals surface area contributed by atoms with Crippen molar-refractivity contribution in [3.8, 4) is 5.75 Å². The second-order valence-corrected chi connectivity index (χ2v) is 8.97. The maximum absolute atomic E-state index is 13.6. The largest absolute Gasteiger partial charge is 0.492 e. The molecule has 1 unspecified atom stereocenters. The molecule has 184 valence electrons. The van der Waals surface area contributed by atoms with Crippen molar-refractivity contribution in [2.24, 2.45) is 0 Å². The molecule has 0 saturated heterocycles. The molecule has 3 aromatic rings. The fraction of sp³-hybridized carbons (Fsp3) is 0.462. The summed E-state index contributed by atoms with van der Waals surface area (Å²) >= 11 is 0. The highest BCUT2D eigenvalue weighted by atomic mass is 19.4. The third-order valence-electron chi connectivity index (χ3n) is 6.46. The maximum atomic E-state index is 13.6. The molecule has 2 atom stereocenters. The molecule has 0 amide bonds. The van der Waals surface area contributed by atoms with Crippen molar-refractivity contribution < 1.29 is 22.3 Å². The summed E-state index contributed by atoms with van der Waals surface area (Å²) in [6.45, 7) is 3.97. The summed E-state index contributed by atoms with van der Waals surface area (Å²) < 4.78 is 59.0. The van der Waals surface area contributed by atoms with Crippen LogP contribution >= 0.6 is 0 Å². The summed E-state index contributed by atoms with van der Waals surface area (Å²) in [5.74, 6) is 0.607. The number of aromatic amines is 1. The average Bonchev–Trinajstić information content (AvgIpc) is 3.15. The van der Waals surface area contributed by atoms with Gasteiger partial charge >= 0.3 is 6.18 Å². The van der Waals surface area contributed by atoms with Crippen molar-refractivity contribution in [2.45, 2.75) is 44.9 Å². The molecule has 0 spiro atoms. The Labute approximate surface area is 197 Å². The van der Waals surface area contributed by atoms with Gasteiger partial charge in [0.15, 0.2) is 0 Å². The van der Waals surface area contributed by atoms with Crippen LogP contribution < -0.4 is 10.1 Å². The summed E-state index contributed by atoms with van der Waals surface area (Å²) in [6.07, 6.45) is -3.31. The van der Waals surface area contributed by atoms with Gasteiger partial charge in [0.2, 0.25) is 0 Å². The molecule has 0 fully saturated rings. The van der Waals surface area contributed by atoms with E-state index < -0.39 is 18.8 Å². The molecule has 8 heteroatoms. The monoisotopic (exact) mass is 477 g/mol. The maximum Gasteiger partial charge on any atom is 0.401 e. The van der Waals surface area contributed by atoms with Crippen LogP contribution in [0.5, 0.6) is 5.75 Å². The predicted octanol–water partition coefficient (Wildman–Crippen LogP) is 5.70. The number of aryl methyl sites for hydroxylation is 1. The highest BCUT2D eigenvalue weighted by Gasteiger charge is 2.42. The molecule has 4 rings (SSSR count). The zero-order chi connectivity index (χ0) is 24.3. The number of rotatable bonds is 9. The number of fused-ring (bicyclic) bond motifs is 3. The van der Waals surface area contributed by atoms with Crippen LogP contribution in [0.4, 0.5) is 17.6 Å². The number of hydrogen-bond donors (Lipinski definition) is 2. The first kappa shape index (κ1) is 24.5. The van der Waals surface area contributed by atoms with Crippen LogP contribution in [0.1, 0.15) is 41.8 Å². The number of benzene rings is 2. The van der Waals surface area contributed by atoms with E-state index in [0.717, 1.165) is 33.3 Å². The van der Waals surface area contributed by atoms with Crippen molar-refractivity contribution in [2.75, 3.05) is 32.9 Å². The third-order valence-corrected chi connectivity index (χ3v) is 6.46. The van der Waals surface area contributed by atoms with Gasteiger partial charge in [0.1, 0.15) is 12.4 Å². The van der Waals surface area contributed by atoms with E-state index in [1.165, 1.54) is 0 Å². The second-order valence-electron chi connectivity index (χ2n) is 8.97. The summed E-state index contributed by atoms with van der Waals surface area (Å²) in [6, 6.07) is 12.6. The minimum absolute atomic E-state index is 0.290. The number of hydrogen-bond acceptors (Lipinski definition) is 3. The number of H-pyrrole nitrogens is 1. The molecule has 1 aliphatic heterocycles.